The fraction of sp³-hybridized carbons (Fsp3) is 1.00. The van der Waals surface area contributed by atoms with Crippen LogP contribution in [0.2, 0.25) is 0 Å². The Morgan fingerprint density at radius 1 is 1.29 bits per heavy atom. The molecule has 1 aliphatic rings. The van der Waals surface area contributed by atoms with Crippen molar-refractivity contribution in [2.24, 2.45) is 5.92 Å². The second kappa shape index (κ2) is 6.72. The first kappa shape index (κ1) is 14.9. The molecule has 0 bridgehead atoms. The molecule has 0 amide bonds. The van der Waals surface area contributed by atoms with E-state index < -0.39 is 0 Å². The standard InChI is InChI=1S/C14H30N2O/c1-6-14(3,16(4)5)13(15-7-2)12-8-10-17-11-9-12/h12-13,15H,6-11H2,1-5H3. The molecule has 0 radical (unpaired) electrons. The van der Waals surface area contributed by atoms with Crippen LogP contribution in [-0.4, -0.2) is 50.3 Å². The van der Waals surface area contributed by atoms with Crippen LogP contribution in [0.3, 0.4) is 0 Å². The molecule has 0 aliphatic carbocycles. The van der Waals surface area contributed by atoms with E-state index in [2.05, 4.69) is 45.1 Å². The number of likely N-dealkylation sites (N-methyl/N-ethyl adjacent to an activating group) is 2. The summed E-state index contributed by atoms with van der Waals surface area (Å²) in [6.45, 7) is 9.79. The summed E-state index contributed by atoms with van der Waals surface area (Å²) >= 11 is 0. The van der Waals surface area contributed by atoms with E-state index in [9.17, 15) is 0 Å². The smallest absolute Gasteiger partial charge is 0.0469 e. The molecule has 0 spiro atoms. The van der Waals surface area contributed by atoms with Gasteiger partial charge in [-0.2, -0.15) is 0 Å². The third-order valence-corrected chi connectivity index (χ3v) is 4.57. The molecule has 0 aromatic heterocycles. The van der Waals surface area contributed by atoms with E-state index in [4.69, 9.17) is 4.74 Å². The van der Waals surface area contributed by atoms with Gasteiger partial charge < -0.3 is 15.0 Å². The van der Waals surface area contributed by atoms with Gasteiger partial charge in [-0.3, -0.25) is 0 Å². The highest BCUT2D eigenvalue weighted by molar-refractivity contribution is 4.98. The molecule has 17 heavy (non-hydrogen) atoms. The second-order valence-electron chi connectivity index (χ2n) is 5.59. The van der Waals surface area contributed by atoms with Crippen LogP contribution < -0.4 is 5.32 Å². The zero-order valence-corrected chi connectivity index (χ0v) is 12.3. The number of nitrogens with zero attached hydrogens (tertiary/aromatic N) is 1. The third-order valence-electron chi connectivity index (χ3n) is 4.57. The number of hydrogen-bond acceptors (Lipinski definition) is 3. The van der Waals surface area contributed by atoms with E-state index in [0.717, 1.165) is 25.7 Å². The fourth-order valence-electron chi connectivity index (χ4n) is 2.98. The Balaban J connectivity index is 2.81. The van der Waals surface area contributed by atoms with Crippen LogP contribution in [0.5, 0.6) is 0 Å². The summed E-state index contributed by atoms with van der Waals surface area (Å²) in [6.07, 6.45) is 3.57. The molecule has 1 aliphatic heterocycles. The van der Waals surface area contributed by atoms with Crippen molar-refractivity contribution in [1.82, 2.24) is 10.2 Å². The summed E-state index contributed by atoms with van der Waals surface area (Å²) < 4.78 is 5.49. The number of hydrogen-bond donors (Lipinski definition) is 1. The second-order valence-corrected chi connectivity index (χ2v) is 5.59. The molecular formula is C14H30N2O. The lowest BCUT2D eigenvalue weighted by Gasteiger charge is -2.47. The lowest BCUT2D eigenvalue weighted by molar-refractivity contribution is 0.0133. The highest BCUT2D eigenvalue weighted by Gasteiger charge is 2.39. The van der Waals surface area contributed by atoms with E-state index >= 15 is 0 Å². The Bertz CT molecular complexity index is 214. The minimum absolute atomic E-state index is 0.234. The molecule has 2 atom stereocenters. The number of nitrogens with one attached hydrogen (secondary N) is 1. The molecule has 2 unspecified atom stereocenters. The summed E-state index contributed by atoms with van der Waals surface area (Å²) in [5, 5.41) is 3.73. The van der Waals surface area contributed by atoms with Crippen molar-refractivity contribution < 1.29 is 4.74 Å². The molecule has 1 heterocycles. The summed E-state index contributed by atoms with van der Waals surface area (Å²) in [5.74, 6) is 0.746. The molecule has 1 N–H and O–H groups in total. The van der Waals surface area contributed by atoms with Gasteiger partial charge >= 0.3 is 0 Å². The monoisotopic (exact) mass is 242 g/mol. The van der Waals surface area contributed by atoms with Crippen LogP contribution in [0.1, 0.15) is 40.0 Å². The fourth-order valence-corrected chi connectivity index (χ4v) is 2.98. The Morgan fingerprint density at radius 2 is 1.88 bits per heavy atom. The highest BCUT2D eigenvalue weighted by atomic mass is 16.5. The van der Waals surface area contributed by atoms with Gasteiger partial charge in [0.1, 0.15) is 0 Å². The SMILES string of the molecule is CCNC(C1CCOCC1)C(C)(CC)N(C)C. The lowest BCUT2D eigenvalue weighted by atomic mass is 9.77. The average Bonchev–Trinajstić information content (AvgIpc) is 2.36. The predicted molar refractivity (Wildman–Crippen MR) is 73.4 cm³/mol. The molecule has 1 fully saturated rings. The maximum atomic E-state index is 5.49. The highest BCUT2D eigenvalue weighted by Crippen LogP contribution is 2.31. The van der Waals surface area contributed by atoms with Crippen LogP contribution >= 0.6 is 0 Å². The molecule has 102 valence electrons. The molecular weight excluding hydrogens is 212 g/mol. The largest absolute Gasteiger partial charge is 0.381 e. The van der Waals surface area contributed by atoms with E-state index in [1.165, 1.54) is 19.3 Å². The van der Waals surface area contributed by atoms with E-state index in [1.54, 1.807) is 0 Å². The van der Waals surface area contributed by atoms with Gasteiger partial charge in [-0.15, -0.1) is 0 Å². The molecule has 0 aromatic carbocycles. The summed E-state index contributed by atoms with van der Waals surface area (Å²) in [5.41, 5.74) is 0.234. The van der Waals surface area contributed by atoms with Crippen molar-refractivity contribution >= 4 is 0 Å². The Kier molecular flexibility index (Phi) is 5.90. The van der Waals surface area contributed by atoms with E-state index in [-0.39, 0.29) is 5.54 Å². The van der Waals surface area contributed by atoms with Gasteiger partial charge in [0.25, 0.3) is 0 Å². The van der Waals surface area contributed by atoms with Crippen molar-refractivity contribution in [3.8, 4) is 0 Å². The minimum atomic E-state index is 0.234. The van der Waals surface area contributed by atoms with Crippen LogP contribution in [0.15, 0.2) is 0 Å². The zero-order chi connectivity index (χ0) is 12.9. The Labute approximate surface area is 107 Å². The Morgan fingerprint density at radius 3 is 2.29 bits per heavy atom. The Hall–Kier alpha value is -0.120. The van der Waals surface area contributed by atoms with Crippen LogP contribution in [-0.2, 0) is 4.74 Å². The van der Waals surface area contributed by atoms with Crippen molar-refractivity contribution in [2.75, 3.05) is 33.9 Å². The first-order valence-corrected chi connectivity index (χ1v) is 7.04. The lowest BCUT2D eigenvalue weighted by Crippen LogP contribution is -2.60. The van der Waals surface area contributed by atoms with Crippen molar-refractivity contribution in [3.05, 3.63) is 0 Å². The van der Waals surface area contributed by atoms with Gasteiger partial charge in [-0.1, -0.05) is 13.8 Å². The van der Waals surface area contributed by atoms with Gasteiger partial charge in [0.2, 0.25) is 0 Å². The van der Waals surface area contributed by atoms with Crippen LogP contribution in [0, 0.1) is 5.92 Å². The van der Waals surface area contributed by atoms with Crippen LogP contribution in [0.25, 0.3) is 0 Å². The molecule has 0 aromatic rings. The number of ether oxygens (including phenoxy) is 1. The number of rotatable bonds is 6. The first-order valence-electron chi connectivity index (χ1n) is 7.04. The zero-order valence-electron chi connectivity index (χ0n) is 12.3. The quantitative estimate of drug-likeness (QED) is 0.772. The van der Waals surface area contributed by atoms with E-state index in [1.807, 2.05) is 0 Å². The minimum Gasteiger partial charge on any atom is -0.381 e. The normalized spacial score (nSPS) is 23.6. The maximum absolute atomic E-state index is 5.49. The van der Waals surface area contributed by atoms with Gasteiger partial charge in [0, 0.05) is 24.8 Å². The predicted octanol–water partition coefficient (Wildman–Crippen LogP) is 2.12. The summed E-state index contributed by atoms with van der Waals surface area (Å²) in [6, 6.07) is 0.566. The van der Waals surface area contributed by atoms with Crippen LogP contribution in [0.4, 0.5) is 0 Å². The van der Waals surface area contributed by atoms with E-state index in [0.29, 0.717) is 6.04 Å². The summed E-state index contributed by atoms with van der Waals surface area (Å²) in [7, 11) is 4.40. The van der Waals surface area contributed by atoms with Gasteiger partial charge in [0.05, 0.1) is 0 Å². The average molecular weight is 242 g/mol. The van der Waals surface area contributed by atoms with Gasteiger partial charge in [0.15, 0.2) is 0 Å². The summed E-state index contributed by atoms with van der Waals surface area (Å²) in [4.78, 5) is 2.38. The van der Waals surface area contributed by atoms with Gasteiger partial charge in [-0.05, 0) is 52.7 Å². The van der Waals surface area contributed by atoms with Crippen molar-refractivity contribution in [2.45, 2.75) is 51.6 Å². The third kappa shape index (κ3) is 3.43. The first-order chi connectivity index (χ1) is 8.06. The topological polar surface area (TPSA) is 24.5 Å². The molecule has 1 rings (SSSR count). The molecule has 1 saturated heterocycles. The van der Waals surface area contributed by atoms with Crippen molar-refractivity contribution in [1.29, 1.82) is 0 Å². The maximum Gasteiger partial charge on any atom is 0.0469 e. The van der Waals surface area contributed by atoms with Gasteiger partial charge in [-0.25, -0.2) is 0 Å². The molecule has 3 heteroatoms. The van der Waals surface area contributed by atoms with Crippen molar-refractivity contribution in [3.63, 3.8) is 0 Å². The molecule has 3 nitrogen and oxygen atoms in total. The molecule has 0 saturated carbocycles.